The van der Waals surface area contributed by atoms with Gasteiger partial charge in [0.05, 0.1) is 27.8 Å². The van der Waals surface area contributed by atoms with Crippen molar-refractivity contribution in [3.05, 3.63) is 83.9 Å². The number of piperidine rings is 1. The SMILES string of the molecule is Cc1ccc(S(=O)(=O)N2CCCC(C(=O)N(Cc3ccccn3)c3nc4c(F)cccc4s3)C2)cc1. The predicted octanol–water partition coefficient (Wildman–Crippen LogP) is 4.77. The van der Waals surface area contributed by atoms with Gasteiger partial charge >= 0.3 is 0 Å². The molecule has 4 aromatic rings. The molecule has 1 aliphatic heterocycles. The number of carbonyl (C=O) groups excluding carboxylic acids is 1. The van der Waals surface area contributed by atoms with Crippen molar-refractivity contribution >= 4 is 42.6 Å². The Balaban J connectivity index is 1.45. The van der Waals surface area contributed by atoms with Crippen LogP contribution in [0.4, 0.5) is 9.52 Å². The minimum Gasteiger partial charge on any atom is -0.282 e. The van der Waals surface area contributed by atoms with Gasteiger partial charge in [0.2, 0.25) is 15.9 Å². The van der Waals surface area contributed by atoms with Crippen molar-refractivity contribution < 1.29 is 17.6 Å². The summed E-state index contributed by atoms with van der Waals surface area (Å²) in [6, 6.07) is 16.9. The van der Waals surface area contributed by atoms with Gasteiger partial charge in [0.25, 0.3) is 0 Å². The number of pyridine rings is 1. The molecule has 0 N–H and O–H groups in total. The zero-order chi connectivity index (χ0) is 25.3. The first-order valence-electron chi connectivity index (χ1n) is 11.7. The molecule has 0 aliphatic carbocycles. The second kappa shape index (κ2) is 10.0. The Morgan fingerprint density at radius 2 is 1.94 bits per heavy atom. The van der Waals surface area contributed by atoms with Crippen molar-refractivity contribution in [1.82, 2.24) is 14.3 Å². The zero-order valence-corrected chi connectivity index (χ0v) is 21.3. The number of fused-ring (bicyclic) bond motifs is 1. The summed E-state index contributed by atoms with van der Waals surface area (Å²) >= 11 is 1.23. The van der Waals surface area contributed by atoms with Gasteiger partial charge in [-0.25, -0.2) is 17.8 Å². The van der Waals surface area contributed by atoms with Crippen molar-refractivity contribution in [2.45, 2.75) is 31.2 Å². The van der Waals surface area contributed by atoms with Crippen LogP contribution in [0.25, 0.3) is 10.2 Å². The minimum atomic E-state index is -3.73. The van der Waals surface area contributed by atoms with Gasteiger partial charge in [-0.15, -0.1) is 0 Å². The van der Waals surface area contributed by atoms with E-state index >= 15 is 0 Å². The van der Waals surface area contributed by atoms with E-state index in [2.05, 4.69) is 9.97 Å². The lowest BCUT2D eigenvalue weighted by atomic mass is 9.98. The molecule has 10 heteroatoms. The first-order chi connectivity index (χ1) is 17.3. The number of halogens is 1. The summed E-state index contributed by atoms with van der Waals surface area (Å²) in [5.41, 5.74) is 1.84. The Labute approximate surface area is 213 Å². The van der Waals surface area contributed by atoms with E-state index in [1.807, 2.05) is 19.1 Å². The molecule has 1 unspecified atom stereocenters. The fraction of sp³-hybridized carbons (Fsp3) is 0.269. The third-order valence-electron chi connectivity index (χ3n) is 6.29. The summed E-state index contributed by atoms with van der Waals surface area (Å²) in [6.07, 6.45) is 2.76. The maximum Gasteiger partial charge on any atom is 0.243 e. The normalized spacial score (nSPS) is 16.8. The molecule has 2 aromatic carbocycles. The van der Waals surface area contributed by atoms with Crippen LogP contribution in [-0.4, -0.2) is 41.7 Å². The summed E-state index contributed by atoms with van der Waals surface area (Å²) < 4.78 is 43.0. The largest absolute Gasteiger partial charge is 0.282 e. The molecule has 1 aliphatic rings. The number of aryl methyl sites for hydroxylation is 1. The first-order valence-corrected chi connectivity index (χ1v) is 13.9. The van der Waals surface area contributed by atoms with Crippen LogP contribution in [0.2, 0.25) is 0 Å². The Bertz CT molecular complexity index is 1490. The van der Waals surface area contributed by atoms with Crippen LogP contribution in [0.5, 0.6) is 0 Å². The van der Waals surface area contributed by atoms with Crippen molar-refractivity contribution in [3.63, 3.8) is 0 Å². The monoisotopic (exact) mass is 524 g/mol. The number of amides is 1. The molecule has 0 bridgehead atoms. The Morgan fingerprint density at radius 1 is 1.14 bits per heavy atom. The van der Waals surface area contributed by atoms with E-state index in [0.29, 0.717) is 34.9 Å². The van der Waals surface area contributed by atoms with Gasteiger partial charge in [0.15, 0.2) is 5.13 Å². The van der Waals surface area contributed by atoms with Gasteiger partial charge in [0.1, 0.15) is 11.3 Å². The molecule has 1 amide bonds. The fourth-order valence-electron chi connectivity index (χ4n) is 4.35. The number of thiazole rings is 1. The second-order valence-corrected chi connectivity index (χ2v) is 11.8. The zero-order valence-electron chi connectivity index (χ0n) is 19.7. The van der Waals surface area contributed by atoms with Crippen LogP contribution in [0.1, 0.15) is 24.1 Å². The van der Waals surface area contributed by atoms with Crippen LogP contribution in [-0.2, 0) is 21.4 Å². The Hall–Kier alpha value is -3.21. The van der Waals surface area contributed by atoms with Gasteiger partial charge in [-0.05, 0) is 56.2 Å². The third kappa shape index (κ3) is 4.88. The summed E-state index contributed by atoms with van der Waals surface area (Å²) in [7, 11) is -3.73. The van der Waals surface area contributed by atoms with Crippen molar-refractivity contribution in [2.24, 2.45) is 5.92 Å². The van der Waals surface area contributed by atoms with Crippen LogP contribution in [0.15, 0.2) is 71.8 Å². The fourth-order valence-corrected chi connectivity index (χ4v) is 6.86. The molecule has 2 aromatic heterocycles. The lowest BCUT2D eigenvalue weighted by Gasteiger charge is -2.33. The van der Waals surface area contributed by atoms with E-state index in [1.54, 1.807) is 48.7 Å². The van der Waals surface area contributed by atoms with Crippen molar-refractivity contribution in [1.29, 1.82) is 0 Å². The van der Waals surface area contributed by atoms with Gasteiger partial charge < -0.3 is 0 Å². The van der Waals surface area contributed by atoms with E-state index in [-0.39, 0.29) is 29.4 Å². The number of para-hydroxylation sites is 1. The topological polar surface area (TPSA) is 83.5 Å². The summed E-state index contributed by atoms with van der Waals surface area (Å²) in [4.78, 5) is 24.4. The highest BCUT2D eigenvalue weighted by molar-refractivity contribution is 7.89. The maximum absolute atomic E-state index is 14.4. The highest BCUT2D eigenvalue weighted by atomic mass is 32.2. The molecule has 3 heterocycles. The number of nitrogens with zero attached hydrogens (tertiary/aromatic N) is 4. The van der Waals surface area contributed by atoms with Crippen LogP contribution >= 0.6 is 11.3 Å². The van der Waals surface area contributed by atoms with E-state index in [1.165, 1.54) is 26.6 Å². The summed E-state index contributed by atoms with van der Waals surface area (Å²) in [5, 5.41) is 0.365. The van der Waals surface area contributed by atoms with Gasteiger partial charge in [-0.1, -0.05) is 41.2 Å². The average Bonchev–Trinajstić information content (AvgIpc) is 3.33. The second-order valence-electron chi connectivity index (χ2n) is 8.84. The van der Waals surface area contributed by atoms with Crippen molar-refractivity contribution in [2.75, 3.05) is 18.0 Å². The molecule has 186 valence electrons. The average molecular weight is 525 g/mol. The number of anilines is 1. The molecule has 0 spiro atoms. The molecular weight excluding hydrogens is 499 g/mol. The highest BCUT2D eigenvalue weighted by Crippen LogP contribution is 2.33. The van der Waals surface area contributed by atoms with Crippen molar-refractivity contribution in [3.8, 4) is 0 Å². The summed E-state index contributed by atoms with van der Waals surface area (Å²) in [5.74, 6) is -1.25. The minimum absolute atomic E-state index is 0.0764. The van der Waals surface area contributed by atoms with Gasteiger partial charge in [-0.3, -0.25) is 14.7 Å². The number of aromatic nitrogens is 2. The maximum atomic E-state index is 14.4. The van der Waals surface area contributed by atoms with Crippen LogP contribution in [0, 0.1) is 18.7 Å². The van der Waals surface area contributed by atoms with E-state index in [4.69, 9.17) is 0 Å². The predicted molar refractivity (Wildman–Crippen MR) is 138 cm³/mol. The molecule has 0 radical (unpaired) electrons. The summed E-state index contributed by atoms with van der Waals surface area (Å²) in [6.45, 7) is 2.48. The molecule has 36 heavy (non-hydrogen) atoms. The highest BCUT2D eigenvalue weighted by Gasteiger charge is 2.36. The first kappa shape index (κ1) is 24.5. The van der Waals surface area contributed by atoms with E-state index in [0.717, 1.165) is 5.56 Å². The van der Waals surface area contributed by atoms with E-state index < -0.39 is 21.8 Å². The third-order valence-corrected chi connectivity index (χ3v) is 9.22. The molecule has 1 saturated heterocycles. The number of benzene rings is 2. The van der Waals surface area contributed by atoms with Gasteiger partial charge in [0, 0.05) is 19.3 Å². The lowest BCUT2D eigenvalue weighted by Crippen LogP contribution is -2.46. The van der Waals surface area contributed by atoms with Crippen LogP contribution < -0.4 is 4.90 Å². The molecule has 1 fully saturated rings. The molecule has 7 nitrogen and oxygen atoms in total. The lowest BCUT2D eigenvalue weighted by molar-refractivity contribution is -0.123. The number of hydrogen-bond donors (Lipinski definition) is 0. The molecule has 0 saturated carbocycles. The Kier molecular flexibility index (Phi) is 6.83. The number of hydrogen-bond acceptors (Lipinski definition) is 6. The molecular formula is C26H25FN4O3S2. The number of sulfonamides is 1. The van der Waals surface area contributed by atoms with Gasteiger partial charge in [-0.2, -0.15) is 4.31 Å². The number of carbonyl (C=O) groups is 1. The smallest absolute Gasteiger partial charge is 0.243 e. The van der Waals surface area contributed by atoms with Crippen LogP contribution in [0.3, 0.4) is 0 Å². The van der Waals surface area contributed by atoms with E-state index in [9.17, 15) is 17.6 Å². The Morgan fingerprint density at radius 3 is 2.67 bits per heavy atom. The standard InChI is InChI=1S/C26H25FN4O3S2/c1-18-10-12-21(13-11-18)36(33,34)30-15-5-6-19(16-30)25(32)31(17-20-7-2-3-14-28-20)26-29-24-22(27)8-4-9-23(24)35-26/h2-4,7-14,19H,5-6,15-17H2,1H3. The molecule has 1 atom stereocenters. The molecule has 5 rings (SSSR count). The quantitative estimate of drug-likeness (QED) is 0.363. The number of rotatable bonds is 6.